The third kappa shape index (κ3) is 3.03. The van der Waals surface area contributed by atoms with Gasteiger partial charge in [0.05, 0.1) is 0 Å². The molecule has 0 saturated heterocycles. The van der Waals surface area contributed by atoms with E-state index in [9.17, 15) is 4.39 Å². The summed E-state index contributed by atoms with van der Waals surface area (Å²) in [5.41, 5.74) is 1.19. The van der Waals surface area contributed by atoms with Crippen LogP contribution in [0.3, 0.4) is 0 Å². The molecule has 0 aliphatic heterocycles. The number of hydrogen-bond acceptors (Lipinski definition) is 1. The predicted octanol–water partition coefficient (Wildman–Crippen LogP) is 3.28. The zero-order chi connectivity index (χ0) is 10.7. The minimum atomic E-state index is -0.157. The Balaban J connectivity index is 1.94. The van der Waals surface area contributed by atoms with Crippen molar-refractivity contribution >= 4 is 0 Å². The topological polar surface area (TPSA) is 12.0 Å². The molecule has 1 saturated carbocycles. The Labute approximate surface area is 90.7 Å². The molecule has 0 aromatic heterocycles. The van der Waals surface area contributed by atoms with Gasteiger partial charge in [0.25, 0.3) is 0 Å². The van der Waals surface area contributed by atoms with Gasteiger partial charge in [0.1, 0.15) is 5.82 Å². The average Bonchev–Trinajstić information content (AvgIpc) is 3.05. The van der Waals surface area contributed by atoms with Gasteiger partial charge in [0.15, 0.2) is 0 Å². The maximum absolute atomic E-state index is 12.8. The second-order valence-corrected chi connectivity index (χ2v) is 4.41. The van der Waals surface area contributed by atoms with Crippen LogP contribution in [0.15, 0.2) is 24.3 Å². The molecule has 1 N–H and O–H groups in total. The summed E-state index contributed by atoms with van der Waals surface area (Å²) < 4.78 is 12.8. The van der Waals surface area contributed by atoms with E-state index in [0.29, 0.717) is 6.04 Å². The molecule has 1 aromatic rings. The van der Waals surface area contributed by atoms with Crippen LogP contribution >= 0.6 is 0 Å². The Kier molecular flexibility index (Phi) is 3.37. The Morgan fingerprint density at radius 3 is 2.53 bits per heavy atom. The third-order valence-corrected chi connectivity index (χ3v) is 3.18. The van der Waals surface area contributed by atoms with Crippen molar-refractivity contribution in [3.05, 3.63) is 35.6 Å². The van der Waals surface area contributed by atoms with Gasteiger partial charge in [0, 0.05) is 6.04 Å². The molecular formula is C13H18FN. The van der Waals surface area contributed by atoms with E-state index in [2.05, 4.69) is 5.32 Å². The van der Waals surface area contributed by atoms with Crippen LogP contribution in [-0.4, -0.2) is 7.05 Å². The first-order valence-corrected chi connectivity index (χ1v) is 5.72. The highest BCUT2D eigenvalue weighted by molar-refractivity contribution is 5.19. The summed E-state index contributed by atoms with van der Waals surface area (Å²) in [6.07, 6.45) is 5.26. The molecule has 82 valence electrons. The van der Waals surface area contributed by atoms with Crippen LogP contribution in [0.2, 0.25) is 0 Å². The first-order valence-electron chi connectivity index (χ1n) is 5.72. The number of nitrogens with one attached hydrogen (secondary N) is 1. The summed E-state index contributed by atoms with van der Waals surface area (Å²) in [7, 11) is 1.97. The van der Waals surface area contributed by atoms with Gasteiger partial charge in [-0.2, -0.15) is 0 Å². The van der Waals surface area contributed by atoms with Crippen LogP contribution < -0.4 is 5.32 Å². The summed E-state index contributed by atoms with van der Waals surface area (Å²) in [5.74, 6) is 0.803. The van der Waals surface area contributed by atoms with Crippen LogP contribution in [0.5, 0.6) is 0 Å². The molecule has 1 aromatic carbocycles. The molecule has 2 rings (SSSR count). The molecule has 0 amide bonds. The van der Waals surface area contributed by atoms with E-state index in [1.54, 1.807) is 0 Å². The number of rotatable bonds is 5. The number of benzene rings is 1. The second kappa shape index (κ2) is 4.75. The fourth-order valence-electron chi connectivity index (χ4n) is 1.98. The molecule has 2 heteroatoms. The molecule has 0 radical (unpaired) electrons. The lowest BCUT2D eigenvalue weighted by molar-refractivity contribution is 0.505. The molecule has 1 atom stereocenters. The fraction of sp³-hybridized carbons (Fsp3) is 0.538. The molecule has 0 bridgehead atoms. The Morgan fingerprint density at radius 2 is 2.00 bits per heavy atom. The summed E-state index contributed by atoms with van der Waals surface area (Å²) in [6.45, 7) is 0. The van der Waals surface area contributed by atoms with E-state index in [-0.39, 0.29) is 5.82 Å². The first-order chi connectivity index (χ1) is 7.29. The minimum Gasteiger partial charge on any atom is -0.313 e. The van der Waals surface area contributed by atoms with Crippen molar-refractivity contribution in [1.29, 1.82) is 0 Å². The van der Waals surface area contributed by atoms with Crippen molar-refractivity contribution in [3.63, 3.8) is 0 Å². The molecular weight excluding hydrogens is 189 g/mol. The van der Waals surface area contributed by atoms with Gasteiger partial charge in [-0.25, -0.2) is 4.39 Å². The molecule has 1 aliphatic rings. The quantitative estimate of drug-likeness (QED) is 0.781. The van der Waals surface area contributed by atoms with Crippen molar-refractivity contribution in [2.45, 2.75) is 31.7 Å². The van der Waals surface area contributed by atoms with E-state index in [1.165, 1.54) is 37.0 Å². The van der Waals surface area contributed by atoms with Crippen molar-refractivity contribution in [2.24, 2.45) is 5.92 Å². The van der Waals surface area contributed by atoms with E-state index in [0.717, 1.165) is 12.3 Å². The van der Waals surface area contributed by atoms with Crippen molar-refractivity contribution in [3.8, 4) is 0 Å². The van der Waals surface area contributed by atoms with Crippen LogP contribution in [0.4, 0.5) is 4.39 Å². The van der Waals surface area contributed by atoms with Crippen LogP contribution in [-0.2, 0) is 0 Å². The van der Waals surface area contributed by atoms with Crippen molar-refractivity contribution in [2.75, 3.05) is 7.05 Å². The highest BCUT2D eigenvalue weighted by Gasteiger charge is 2.22. The lowest BCUT2D eigenvalue weighted by Gasteiger charge is -2.16. The zero-order valence-electron chi connectivity index (χ0n) is 9.17. The predicted molar refractivity (Wildman–Crippen MR) is 60.2 cm³/mol. The third-order valence-electron chi connectivity index (χ3n) is 3.18. The summed E-state index contributed by atoms with van der Waals surface area (Å²) in [6, 6.07) is 7.21. The van der Waals surface area contributed by atoms with Crippen LogP contribution in [0.25, 0.3) is 0 Å². The molecule has 0 heterocycles. The second-order valence-electron chi connectivity index (χ2n) is 4.41. The largest absolute Gasteiger partial charge is 0.313 e. The van der Waals surface area contributed by atoms with Crippen LogP contribution in [0, 0.1) is 11.7 Å². The number of halogens is 1. The Morgan fingerprint density at radius 1 is 1.33 bits per heavy atom. The molecule has 1 fully saturated rings. The van der Waals surface area contributed by atoms with E-state index >= 15 is 0 Å². The highest BCUT2D eigenvalue weighted by Crippen LogP contribution is 2.35. The smallest absolute Gasteiger partial charge is 0.123 e. The van der Waals surface area contributed by atoms with Crippen molar-refractivity contribution < 1.29 is 4.39 Å². The van der Waals surface area contributed by atoms with Gasteiger partial charge < -0.3 is 5.32 Å². The zero-order valence-corrected chi connectivity index (χ0v) is 9.17. The van der Waals surface area contributed by atoms with Gasteiger partial charge in [-0.1, -0.05) is 25.0 Å². The maximum Gasteiger partial charge on any atom is 0.123 e. The van der Waals surface area contributed by atoms with E-state index in [1.807, 2.05) is 19.2 Å². The fourth-order valence-corrected chi connectivity index (χ4v) is 1.98. The lowest BCUT2D eigenvalue weighted by atomic mass is 10.0. The molecule has 1 unspecified atom stereocenters. The molecule has 15 heavy (non-hydrogen) atoms. The Hall–Kier alpha value is -0.890. The van der Waals surface area contributed by atoms with E-state index < -0.39 is 0 Å². The summed E-state index contributed by atoms with van der Waals surface area (Å²) in [4.78, 5) is 0. The van der Waals surface area contributed by atoms with E-state index in [4.69, 9.17) is 0 Å². The Bertz CT molecular complexity index is 303. The monoisotopic (exact) mass is 207 g/mol. The minimum absolute atomic E-state index is 0.157. The average molecular weight is 207 g/mol. The van der Waals surface area contributed by atoms with Crippen LogP contribution in [0.1, 0.15) is 37.3 Å². The normalized spacial score (nSPS) is 17.7. The first kappa shape index (κ1) is 10.6. The standard InChI is InChI=1S/C13H18FN/c1-15-13(9-4-10-2-3-10)11-5-7-12(14)8-6-11/h5-8,10,13,15H,2-4,9H2,1H3. The summed E-state index contributed by atoms with van der Waals surface area (Å²) in [5, 5.41) is 3.30. The van der Waals surface area contributed by atoms with Gasteiger partial charge in [-0.15, -0.1) is 0 Å². The van der Waals surface area contributed by atoms with Gasteiger partial charge in [-0.3, -0.25) is 0 Å². The van der Waals surface area contributed by atoms with Gasteiger partial charge >= 0.3 is 0 Å². The summed E-state index contributed by atoms with van der Waals surface area (Å²) >= 11 is 0. The van der Waals surface area contributed by atoms with Gasteiger partial charge in [0.2, 0.25) is 0 Å². The molecule has 1 nitrogen and oxygen atoms in total. The maximum atomic E-state index is 12.8. The number of hydrogen-bond donors (Lipinski definition) is 1. The van der Waals surface area contributed by atoms with Gasteiger partial charge in [-0.05, 0) is 43.5 Å². The van der Waals surface area contributed by atoms with Crippen molar-refractivity contribution in [1.82, 2.24) is 5.32 Å². The highest BCUT2D eigenvalue weighted by atomic mass is 19.1. The lowest BCUT2D eigenvalue weighted by Crippen LogP contribution is -2.16. The SMILES string of the molecule is CNC(CCC1CC1)c1ccc(F)cc1. The molecule has 0 spiro atoms. The molecule has 1 aliphatic carbocycles.